The number of sulfonamides is 1. The van der Waals surface area contributed by atoms with Crippen molar-refractivity contribution in [2.75, 3.05) is 25.1 Å². The molecule has 0 radical (unpaired) electrons. The number of fused-ring (bicyclic) bond motifs is 1. The van der Waals surface area contributed by atoms with Crippen molar-refractivity contribution in [1.29, 1.82) is 0 Å². The molecule has 1 N–H and O–H groups in total. The highest BCUT2D eigenvalue weighted by molar-refractivity contribution is 7.98. The fourth-order valence-electron chi connectivity index (χ4n) is 4.08. The number of nitrogens with one attached hydrogen (secondary N) is 1. The van der Waals surface area contributed by atoms with Gasteiger partial charge in [0.1, 0.15) is 0 Å². The van der Waals surface area contributed by atoms with Crippen LogP contribution in [0.1, 0.15) is 36.7 Å². The highest BCUT2D eigenvalue weighted by Crippen LogP contribution is 2.24. The molecular weight excluding hydrogens is 470 g/mol. The molecule has 4 rings (SSSR count). The van der Waals surface area contributed by atoms with Gasteiger partial charge >= 0.3 is 0 Å². The summed E-state index contributed by atoms with van der Waals surface area (Å²) in [6.45, 7) is 0.645. The molecule has 3 aromatic rings. The van der Waals surface area contributed by atoms with Crippen molar-refractivity contribution >= 4 is 39.4 Å². The number of carbonyl (C=O) groups excluding carboxylic acids is 1. The minimum absolute atomic E-state index is 0.0596. The normalized spacial score (nSPS) is 16.7. The maximum absolute atomic E-state index is 13.1. The van der Waals surface area contributed by atoms with Crippen LogP contribution < -0.4 is 5.32 Å². The zero-order chi connectivity index (χ0) is 24.0. The van der Waals surface area contributed by atoms with E-state index in [1.165, 1.54) is 9.71 Å². The first-order valence-electron chi connectivity index (χ1n) is 11.3. The Morgan fingerprint density at radius 2 is 1.88 bits per heavy atom. The van der Waals surface area contributed by atoms with Crippen LogP contribution in [0.25, 0.3) is 11.7 Å². The van der Waals surface area contributed by atoms with E-state index >= 15 is 0 Å². The quantitative estimate of drug-likeness (QED) is 0.485. The molecule has 8 nitrogen and oxygen atoms in total. The average Bonchev–Trinajstić information content (AvgIpc) is 3.30. The molecule has 1 saturated heterocycles. The van der Waals surface area contributed by atoms with Crippen molar-refractivity contribution < 1.29 is 13.2 Å². The van der Waals surface area contributed by atoms with Crippen molar-refractivity contribution in [2.45, 2.75) is 25.3 Å². The van der Waals surface area contributed by atoms with Crippen LogP contribution in [0.3, 0.4) is 0 Å². The van der Waals surface area contributed by atoms with Gasteiger partial charge in [-0.15, -0.1) is 10.2 Å². The van der Waals surface area contributed by atoms with E-state index in [4.69, 9.17) is 0 Å². The summed E-state index contributed by atoms with van der Waals surface area (Å²) >= 11 is 1.71. The summed E-state index contributed by atoms with van der Waals surface area (Å²) in [4.78, 5) is 13.1. The predicted octanol–water partition coefficient (Wildman–Crippen LogP) is 3.35. The molecule has 0 aliphatic carbocycles. The summed E-state index contributed by atoms with van der Waals surface area (Å²) < 4.78 is 28.8. The maximum atomic E-state index is 13.1. The molecule has 2 aromatic heterocycles. The molecule has 1 fully saturated rings. The van der Waals surface area contributed by atoms with Gasteiger partial charge in [-0.25, -0.2) is 8.42 Å². The number of aromatic nitrogens is 3. The van der Waals surface area contributed by atoms with Crippen LogP contribution in [0, 0.1) is 5.92 Å². The summed E-state index contributed by atoms with van der Waals surface area (Å²) in [7, 11) is -3.53. The Bertz CT molecular complexity index is 1240. The Hall–Kier alpha value is -2.69. The van der Waals surface area contributed by atoms with E-state index in [0.717, 1.165) is 23.4 Å². The van der Waals surface area contributed by atoms with Crippen molar-refractivity contribution in [3.8, 4) is 0 Å². The second-order valence-corrected chi connectivity index (χ2v) is 11.1. The SMILES string of the molecule is CSCCC(NC(=O)C1CCN(S(=O)(=O)/C=C/c2ccccc2)CC1)c1nnc2ccccn12. The van der Waals surface area contributed by atoms with Crippen molar-refractivity contribution in [3.05, 3.63) is 71.5 Å². The Kier molecular flexibility index (Phi) is 8.02. The molecule has 1 atom stereocenters. The Balaban J connectivity index is 1.38. The largest absolute Gasteiger partial charge is 0.346 e. The monoisotopic (exact) mass is 499 g/mol. The first kappa shape index (κ1) is 24.4. The fraction of sp³-hybridized carbons (Fsp3) is 0.375. The summed E-state index contributed by atoms with van der Waals surface area (Å²) in [5.41, 5.74) is 1.57. The zero-order valence-electron chi connectivity index (χ0n) is 19.1. The van der Waals surface area contributed by atoms with E-state index in [9.17, 15) is 13.2 Å². The zero-order valence-corrected chi connectivity index (χ0v) is 20.7. The van der Waals surface area contributed by atoms with Gasteiger partial charge in [0.05, 0.1) is 6.04 Å². The molecule has 0 saturated carbocycles. The molecule has 1 aliphatic rings. The highest BCUT2D eigenvalue weighted by Gasteiger charge is 2.31. The van der Waals surface area contributed by atoms with Crippen LogP contribution >= 0.6 is 11.8 Å². The smallest absolute Gasteiger partial charge is 0.236 e. The lowest BCUT2D eigenvalue weighted by molar-refractivity contribution is -0.127. The Morgan fingerprint density at radius 3 is 2.62 bits per heavy atom. The Morgan fingerprint density at radius 1 is 1.15 bits per heavy atom. The molecule has 10 heteroatoms. The van der Waals surface area contributed by atoms with Crippen LogP contribution in [-0.4, -0.2) is 58.3 Å². The lowest BCUT2D eigenvalue weighted by Gasteiger charge is -2.30. The van der Waals surface area contributed by atoms with Gasteiger partial charge in [0.15, 0.2) is 11.5 Å². The third-order valence-corrected chi connectivity index (χ3v) is 8.20. The van der Waals surface area contributed by atoms with Crippen LogP contribution in [0.2, 0.25) is 0 Å². The van der Waals surface area contributed by atoms with Gasteiger partial charge in [-0.1, -0.05) is 36.4 Å². The summed E-state index contributed by atoms with van der Waals surface area (Å²) in [6.07, 6.45) is 7.24. The number of amides is 1. The number of rotatable bonds is 9. The van der Waals surface area contributed by atoms with E-state index in [2.05, 4.69) is 15.5 Å². The minimum Gasteiger partial charge on any atom is -0.346 e. The highest BCUT2D eigenvalue weighted by atomic mass is 32.2. The molecule has 1 aliphatic heterocycles. The topological polar surface area (TPSA) is 96.7 Å². The van der Waals surface area contributed by atoms with Gasteiger partial charge in [-0.05, 0) is 55.0 Å². The second kappa shape index (κ2) is 11.2. The molecule has 34 heavy (non-hydrogen) atoms. The minimum atomic E-state index is -3.53. The number of hydrogen-bond acceptors (Lipinski definition) is 6. The number of piperidine rings is 1. The van der Waals surface area contributed by atoms with E-state index in [0.29, 0.717) is 31.8 Å². The summed E-state index contributed by atoms with van der Waals surface area (Å²) in [6, 6.07) is 14.8. The van der Waals surface area contributed by atoms with Gasteiger partial charge in [-0.2, -0.15) is 16.1 Å². The summed E-state index contributed by atoms with van der Waals surface area (Å²) in [5.74, 6) is 1.29. The first-order valence-corrected chi connectivity index (χ1v) is 14.2. The van der Waals surface area contributed by atoms with Crippen LogP contribution in [-0.2, 0) is 14.8 Å². The van der Waals surface area contributed by atoms with Gasteiger partial charge in [0, 0.05) is 30.6 Å². The molecule has 1 unspecified atom stereocenters. The molecule has 0 spiro atoms. The van der Waals surface area contributed by atoms with E-state index in [1.807, 2.05) is 65.4 Å². The molecule has 1 amide bonds. The lowest BCUT2D eigenvalue weighted by Crippen LogP contribution is -2.43. The number of carbonyl (C=O) groups is 1. The molecule has 180 valence electrons. The van der Waals surface area contributed by atoms with Gasteiger partial charge < -0.3 is 5.32 Å². The van der Waals surface area contributed by atoms with E-state index < -0.39 is 10.0 Å². The number of pyridine rings is 1. The molecule has 3 heterocycles. The standard InChI is InChI=1S/C24H29N5O3S2/c1-33-17-12-21(23-27-26-22-9-5-6-14-29(22)23)25-24(30)20-10-15-28(16-11-20)34(31,32)18-13-19-7-3-2-4-8-19/h2-9,13-14,18,20-21H,10-12,15-17H2,1H3,(H,25,30)/b18-13+. The summed E-state index contributed by atoms with van der Waals surface area (Å²) in [5, 5.41) is 13.0. The number of nitrogens with zero attached hydrogens (tertiary/aromatic N) is 4. The van der Waals surface area contributed by atoms with Crippen LogP contribution in [0.4, 0.5) is 0 Å². The number of benzene rings is 1. The molecular formula is C24H29N5O3S2. The molecule has 1 aromatic carbocycles. The third-order valence-electron chi connectivity index (χ3n) is 6.00. The van der Waals surface area contributed by atoms with Crippen molar-refractivity contribution in [3.63, 3.8) is 0 Å². The Labute approximate surface area is 204 Å². The average molecular weight is 500 g/mol. The van der Waals surface area contributed by atoms with Crippen LogP contribution in [0.5, 0.6) is 0 Å². The predicted molar refractivity (Wildman–Crippen MR) is 136 cm³/mol. The van der Waals surface area contributed by atoms with Gasteiger partial charge in [0.25, 0.3) is 0 Å². The molecule has 0 bridgehead atoms. The van der Waals surface area contributed by atoms with E-state index in [1.54, 1.807) is 17.8 Å². The van der Waals surface area contributed by atoms with Gasteiger partial charge in [-0.3, -0.25) is 9.20 Å². The second-order valence-electron chi connectivity index (χ2n) is 8.26. The van der Waals surface area contributed by atoms with E-state index in [-0.39, 0.29) is 17.9 Å². The first-order chi connectivity index (χ1) is 16.5. The third kappa shape index (κ3) is 5.86. The van der Waals surface area contributed by atoms with Crippen molar-refractivity contribution in [2.24, 2.45) is 5.92 Å². The fourth-order valence-corrected chi connectivity index (χ4v) is 5.77. The number of thioether (sulfide) groups is 1. The lowest BCUT2D eigenvalue weighted by atomic mass is 9.96. The maximum Gasteiger partial charge on any atom is 0.236 e. The van der Waals surface area contributed by atoms with Gasteiger partial charge in [0.2, 0.25) is 15.9 Å². The van der Waals surface area contributed by atoms with Crippen LogP contribution in [0.15, 0.2) is 60.1 Å². The van der Waals surface area contributed by atoms with Crippen molar-refractivity contribution in [1.82, 2.24) is 24.2 Å². The number of hydrogen-bond donors (Lipinski definition) is 1.